The second kappa shape index (κ2) is 63.1. The molecular weight excluding hydrogens is 925 g/mol. The molecule has 0 saturated heterocycles. The highest BCUT2D eigenvalue weighted by atomic mass is 16.6. The van der Waals surface area contributed by atoms with Crippen LogP contribution in [0.15, 0.2) is 85.1 Å². The van der Waals surface area contributed by atoms with E-state index >= 15 is 0 Å². The fraction of sp³-hybridized carbons (Fsp3) is 0.754. The number of hydrogen-bond acceptors (Lipinski definition) is 6. The van der Waals surface area contributed by atoms with Gasteiger partial charge in [-0.1, -0.05) is 273 Å². The number of ether oxygens (including phenoxy) is 3. The highest BCUT2D eigenvalue weighted by molar-refractivity contribution is 5.71. The minimum atomic E-state index is -0.794. The predicted molar refractivity (Wildman–Crippen MR) is 325 cm³/mol. The Morgan fingerprint density at radius 2 is 0.520 bits per heavy atom. The number of rotatable bonds is 58. The van der Waals surface area contributed by atoms with Crippen molar-refractivity contribution in [2.45, 2.75) is 322 Å². The van der Waals surface area contributed by atoms with Crippen LogP contribution in [-0.2, 0) is 28.6 Å². The van der Waals surface area contributed by atoms with E-state index in [1.807, 2.05) is 0 Å². The molecule has 0 amide bonds. The average Bonchev–Trinajstić information content (AvgIpc) is 3.41. The summed E-state index contributed by atoms with van der Waals surface area (Å²) in [5.41, 5.74) is 0. The van der Waals surface area contributed by atoms with Crippen molar-refractivity contribution < 1.29 is 28.6 Å². The van der Waals surface area contributed by atoms with E-state index in [9.17, 15) is 14.4 Å². The van der Waals surface area contributed by atoms with Gasteiger partial charge in [0.15, 0.2) is 6.10 Å². The molecule has 432 valence electrons. The quantitative estimate of drug-likeness (QED) is 0.0261. The molecule has 0 aliphatic heterocycles. The number of carbonyl (C=O) groups excluding carboxylic acids is 3. The summed E-state index contributed by atoms with van der Waals surface area (Å²) in [4.78, 5) is 38.3. The zero-order valence-corrected chi connectivity index (χ0v) is 49.6. The summed E-state index contributed by atoms with van der Waals surface area (Å²) in [5.74, 6) is -0.912. The molecule has 6 nitrogen and oxygen atoms in total. The summed E-state index contributed by atoms with van der Waals surface area (Å²) < 4.78 is 16.9. The lowest BCUT2D eigenvalue weighted by molar-refractivity contribution is -0.167. The van der Waals surface area contributed by atoms with Gasteiger partial charge in [0.05, 0.1) is 0 Å². The number of carbonyl (C=O) groups is 3. The lowest BCUT2D eigenvalue weighted by Gasteiger charge is -2.18. The van der Waals surface area contributed by atoms with Crippen LogP contribution in [0.4, 0.5) is 0 Å². The first-order valence-electron chi connectivity index (χ1n) is 32.1. The third-order valence-electron chi connectivity index (χ3n) is 13.9. The molecule has 0 aliphatic rings. The SMILES string of the molecule is CC/C=C\C/C=C\C/C=C\CCCCCCCC(=O)OCC(COC(=O)CCCCCCCCCCCCCCCCC/C=C\CCCCCCCCCC)OC(=O)CCCCCCC/C=C\C/C=C\C/C=C\CC. The van der Waals surface area contributed by atoms with Crippen LogP contribution in [-0.4, -0.2) is 37.2 Å². The summed E-state index contributed by atoms with van der Waals surface area (Å²) in [5, 5.41) is 0. The second-order valence-corrected chi connectivity index (χ2v) is 21.3. The Labute approximate surface area is 465 Å². The predicted octanol–water partition coefficient (Wildman–Crippen LogP) is 21.9. The zero-order valence-electron chi connectivity index (χ0n) is 49.6. The van der Waals surface area contributed by atoms with Crippen molar-refractivity contribution in [3.8, 4) is 0 Å². The fourth-order valence-electron chi connectivity index (χ4n) is 9.12. The van der Waals surface area contributed by atoms with Crippen molar-refractivity contribution in [3.63, 3.8) is 0 Å². The van der Waals surface area contributed by atoms with Crippen molar-refractivity contribution in [3.05, 3.63) is 85.1 Å². The molecule has 0 aromatic carbocycles. The van der Waals surface area contributed by atoms with Gasteiger partial charge in [0, 0.05) is 19.3 Å². The Kier molecular flexibility index (Phi) is 60.3. The topological polar surface area (TPSA) is 78.9 Å². The van der Waals surface area contributed by atoms with Crippen molar-refractivity contribution in [1.29, 1.82) is 0 Å². The standard InChI is InChI=1S/C69H120O6/c1-4-7-10-13-16-19-22-25-28-29-30-31-32-33-34-35-36-37-38-39-42-44-47-50-53-56-59-62-68(71)74-65-66(75-69(72)63-60-57-54-51-48-45-41-27-24-21-18-15-12-9-6-3)64-73-67(70)61-58-55-52-49-46-43-40-26-23-20-17-14-11-8-5-2/h8-9,11-12,17-18,20-21,26-27,29-30,40-41,66H,4-7,10,13-16,19,22-25,28,31-39,42-65H2,1-3H3/b11-8-,12-9-,20-17-,21-18-,30-29-,40-26-,41-27-. The molecule has 0 N–H and O–H groups in total. The smallest absolute Gasteiger partial charge is 0.306 e. The van der Waals surface area contributed by atoms with Gasteiger partial charge in [-0.2, -0.15) is 0 Å². The maximum absolute atomic E-state index is 12.9. The average molecular weight is 1050 g/mol. The molecule has 75 heavy (non-hydrogen) atoms. The number of esters is 3. The van der Waals surface area contributed by atoms with Crippen LogP contribution in [0.2, 0.25) is 0 Å². The van der Waals surface area contributed by atoms with Gasteiger partial charge in [0.1, 0.15) is 13.2 Å². The molecule has 1 atom stereocenters. The van der Waals surface area contributed by atoms with Crippen LogP contribution in [0.25, 0.3) is 0 Å². The third kappa shape index (κ3) is 61.3. The van der Waals surface area contributed by atoms with E-state index in [2.05, 4.69) is 106 Å². The molecule has 6 heteroatoms. The van der Waals surface area contributed by atoms with Gasteiger partial charge >= 0.3 is 17.9 Å². The van der Waals surface area contributed by atoms with Gasteiger partial charge in [-0.05, 0) is 109 Å². The van der Waals surface area contributed by atoms with E-state index in [0.29, 0.717) is 19.3 Å². The molecule has 0 saturated carbocycles. The molecular formula is C69H120O6. The van der Waals surface area contributed by atoms with E-state index in [4.69, 9.17) is 14.2 Å². The summed E-state index contributed by atoms with van der Waals surface area (Å²) >= 11 is 0. The van der Waals surface area contributed by atoms with Gasteiger partial charge in [-0.15, -0.1) is 0 Å². The molecule has 0 rings (SSSR count). The van der Waals surface area contributed by atoms with Gasteiger partial charge in [0.25, 0.3) is 0 Å². The minimum Gasteiger partial charge on any atom is -0.462 e. The first-order chi connectivity index (χ1) is 37.0. The summed E-state index contributed by atoms with van der Waals surface area (Å²) in [7, 11) is 0. The second-order valence-electron chi connectivity index (χ2n) is 21.3. The largest absolute Gasteiger partial charge is 0.462 e. The summed E-state index contributed by atoms with van der Waals surface area (Å²) in [6.07, 6.45) is 83.2. The van der Waals surface area contributed by atoms with Crippen LogP contribution < -0.4 is 0 Å². The van der Waals surface area contributed by atoms with Gasteiger partial charge in [-0.3, -0.25) is 14.4 Å². The highest BCUT2D eigenvalue weighted by Gasteiger charge is 2.19. The molecule has 0 spiro atoms. The van der Waals surface area contributed by atoms with E-state index in [0.717, 1.165) is 135 Å². The summed E-state index contributed by atoms with van der Waals surface area (Å²) in [6, 6.07) is 0. The Morgan fingerprint density at radius 1 is 0.280 bits per heavy atom. The van der Waals surface area contributed by atoms with Gasteiger partial charge in [-0.25, -0.2) is 0 Å². The van der Waals surface area contributed by atoms with Crippen molar-refractivity contribution in [2.75, 3.05) is 13.2 Å². The normalized spacial score (nSPS) is 12.6. The van der Waals surface area contributed by atoms with Crippen LogP contribution >= 0.6 is 0 Å². The van der Waals surface area contributed by atoms with E-state index in [-0.39, 0.29) is 31.1 Å². The zero-order chi connectivity index (χ0) is 54.3. The molecule has 0 aromatic rings. The lowest BCUT2D eigenvalue weighted by Crippen LogP contribution is -2.30. The lowest BCUT2D eigenvalue weighted by atomic mass is 10.0. The Hall–Kier alpha value is -3.41. The van der Waals surface area contributed by atoms with E-state index in [1.54, 1.807) is 0 Å². The fourth-order valence-corrected chi connectivity index (χ4v) is 9.12. The molecule has 0 radical (unpaired) electrons. The van der Waals surface area contributed by atoms with Crippen LogP contribution in [0, 0.1) is 0 Å². The van der Waals surface area contributed by atoms with Crippen molar-refractivity contribution in [1.82, 2.24) is 0 Å². The maximum Gasteiger partial charge on any atom is 0.306 e. The minimum absolute atomic E-state index is 0.0879. The third-order valence-corrected chi connectivity index (χ3v) is 13.9. The molecule has 0 bridgehead atoms. The maximum atomic E-state index is 12.9. The van der Waals surface area contributed by atoms with Crippen LogP contribution in [0.1, 0.15) is 316 Å². The van der Waals surface area contributed by atoms with Gasteiger partial charge in [0.2, 0.25) is 0 Å². The Bertz CT molecular complexity index is 1430. The Balaban J connectivity index is 4.27. The molecule has 0 aromatic heterocycles. The number of hydrogen-bond donors (Lipinski definition) is 0. The number of unbranched alkanes of at least 4 members (excludes halogenated alkanes) is 33. The molecule has 0 aliphatic carbocycles. The van der Waals surface area contributed by atoms with E-state index < -0.39 is 6.10 Å². The summed E-state index contributed by atoms with van der Waals surface area (Å²) in [6.45, 7) is 6.42. The van der Waals surface area contributed by atoms with Crippen LogP contribution in [0.5, 0.6) is 0 Å². The molecule has 0 fully saturated rings. The first-order valence-corrected chi connectivity index (χ1v) is 32.1. The van der Waals surface area contributed by atoms with E-state index in [1.165, 1.54) is 141 Å². The highest BCUT2D eigenvalue weighted by Crippen LogP contribution is 2.17. The molecule has 0 heterocycles. The monoisotopic (exact) mass is 1040 g/mol. The van der Waals surface area contributed by atoms with Crippen molar-refractivity contribution >= 4 is 17.9 Å². The van der Waals surface area contributed by atoms with Crippen LogP contribution in [0.3, 0.4) is 0 Å². The molecule has 1 unspecified atom stereocenters. The first kappa shape index (κ1) is 71.6. The van der Waals surface area contributed by atoms with Gasteiger partial charge < -0.3 is 14.2 Å². The van der Waals surface area contributed by atoms with Crippen molar-refractivity contribution in [2.24, 2.45) is 0 Å². The Morgan fingerprint density at radius 3 is 0.827 bits per heavy atom. The number of allylic oxidation sites excluding steroid dienone is 14.